The number of para-hydroxylation sites is 1. The molecule has 7 nitrogen and oxygen atoms in total. The maximum atomic E-state index is 12.8. The van der Waals surface area contributed by atoms with Crippen molar-refractivity contribution < 1.29 is 28.6 Å². The number of esters is 2. The van der Waals surface area contributed by atoms with Gasteiger partial charge in [0.2, 0.25) is 6.79 Å². The Morgan fingerprint density at radius 3 is 2.41 bits per heavy atom. The molecule has 0 bridgehead atoms. The molecule has 1 amide bonds. The van der Waals surface area contributed by atoms with Gasteiger partial charge in [0.1, 0.15) is 17.9 Å². The van der Waals surface area contributed by atoms with Crippen LogP contribution < -0.4 is 10.1 Å². The molecule has 170 valence electrons. The van der Waals surface area contributed by atoms with E-state index < -0.39 is 23.9 Å². The molecule has 1 aliphatic rings. The van der Waals surface area contributed by atoms with Gasteiger partial charge in [0.05, 0.1) is 11.5 Å². The molecular weight excluding hydrogens is 410 g/mol. The van der Waals surface area contributed by atoms with Gasteiger partial charge in [-0.3, -0.25) is 9.59 Å². The van der Waals surface area contributed by atoms with Gasteiger partial charge >= 0.3 is 11.9 Å². The van der Waals surface area contributed by atoms with E-state index in [4.69, 9.17) is 14.2 Å². The van der Waals surface area contributed by atoms with Crippen LogP contribution in [0.25, 0.3) is 0 Å². The van der Waals surface area contributed by atoms with Crippen LogP contribution in [0.2, 0.25) is 0 Å². The molecule has 2 aromatic rings. The molecule has 0 spiro atoms. The number of rotatable bonds is 8. The maximum absolute atomic E-state index is 12.8. The molecule has 1 N–H and O–H groups in total. The third-order valence-corrected chi connectivity index (χ3v) is 5.51. The highest BCUT2D eigenvalue weighted by atomic mass is 16.7. The first-order valence-electron chi connectivity index (χ1n) is 10.8. The quantitative estimate of drug-likeness (QED) is 0.499. The molecule has 0 radical (unpaired) electrons. The zero-order chi connectivity index (χ0) is 23.3. The van der Waals surface area contributed by atoms with Crippen molar-refractivity contribution in [1.29, 1.82) is 0 Å². The van der Waals surface area contributed by atoms with Crippen LogP contribution in [0.5, 0.6) is 5.75 Å². The highest BCUT2D eigenvalue weighted by molar-refractivity contribution is 5.99. The first-order valence-corrected chi connectivity index (χ1v) is 10.8. The van der Waals surface area contributed by atoms with Gasteiger partial charge in [-0.15, -0.1) is 0 Å². The summed E-state index contributed by atoms with van der Waals surface area (Å²) in [4.78, 5) is 37.0. The summed E-state index contributed by atoms with van der Waals surface area (Å²) in [7, 11) is 0. The predicted octanol–water partition coefficient (Wildman–Crippen LogP) is 3.61. The number of nitrogens with one attached hydrogen (secondary N) is 1. The summed E-state index contributed by atoms with van der Waals surface area (Å²) in [6.45, 7) is 6.75. The van der Waals surface area contributed by atoms with Gasteiger partial charge in [0.15, 0.2) is 0 Å². The summed E-state index contributed by atoms with van der Waals surface area (Å²) >= 11 is 0. The number of hydrogen-bond acceptors (Lipinski definition) is 6. The molecule has 3 rings (SSSR count). The van der Waals surface area contributed by atoms with Crippen molar-refractivity contribution in [3.63, 3.8) is 0 Å². The number of hydrogen-bond donors (Lipinski definition) is 1. The minimum absolute atomic E-state index is 0.0979. The van der Waals surface area contributed by atoms with Crippen molar-refractivity contribution in [3.05, 3.63) is 65.2 Å². The average molecular weight is 440 g/mol. The molecular formula is C25H29NO6. The monoisotopic (exact) mass is 439 g/mol. The maximum Gasteiger partial charge on any atom is 0.328 e. The van der Waals surface area contributed by atoms with Crippen molar-refractivity contribution in [2.75, 3.05) is 6.79 Å². The lowest BCUT2D eigenvalue weighted by Gasteiger charge is -2.21. The highest BCUT2D eigenvalue weighted by Crippen LogP contribution is 2.34. The van der Waals surface area contributed by atoms with Gasteiger partial charge in [-0.1, -0.05) is 57.2 Å². The van der Waals surface area contributed by atoms with Crippen molar-refractivity contribution in [3.8, 4) is 5.75 Å². The molecule has 0 saturated carbocycles. The van der Waals surface area contributed by atoms with Crippen LogP contribution in [0.15, 0.2) is 48.5 Å². The molecule has 32 heavy (non-hydrogen) atoms. The summed E-state index contributed by atoms with van der Waals surface area (Å²) in [6, 6.07) is 13.8. The van der Waals surface area contributed by atoms with E-state index in [0.29, 0.717) is 6.42 Å². The van der Waals surface area contributed by atoms with E-state index in [0.717, 1.165) is 0 Å². The predicted molar refractivity (Wildman–Crippen MR) is 118 cm³/mol. The SMILES string of the molecule is CC(C)C(=O)OCOc1ccccc1C(=O)N[C@@H](C)C(=O)OC1Cc2ccccc2C1C. The Kier molecular flexibility index (Phi) is 7.51. The fourth-order valence-corrected chi connectivity index (χ4v) is 3.58. The molecule has 0 aromatic heterocycles. The second kappa shape index (κ2) is 10.3. The largest absolute Gasteiger partial charge is 0.460 e. The van der Waals surface area contributed by atoms with Gasteiger partial charge in [0.25, 0.3) is 5.91 Å². The number of carbonyl (C=O) groups is 3. The Bertz CT molecular complexity index is 986. The Hall–Kier alpha value is -3.35. The van der Waals surface area contributed by atoms with Crippen LogP contribution in [0.1, 0.15) is 55.1 Å². The lowest BCUT2D eigenvalue weighted by Crippen LogP contribution is -2.41. The van der Waals surface area contributed by atoms with Crippen LogP contribution >= 0.6 is 0 Å². The summed E-state index contributed by atoms with van der Waals surface area (Å²) in [5.74, 6) is -1.30. The fraction of sp³-hybridized carbons (Fsp3) is 0.400. The van der Waals surface area contributed by atoms with E-state index in [2.05, 4.69) is 11.4 Å². The third-order valence-electron chi connectivity index (χ3n) is 5.51. The van der Waals surface area contributed by atoms with E-state index in [9.17, 15) is 14.4 Å². The molecule has 2 aromatic carbocycles. The van der Waals surface area contributed by atoms with Crippen LogP contribution in [0, 0.1) is 5.92 Å². The van der Waals surface area contributed by atoms with Gasteiger partial charge in [-0.25, -0.2) is 4.79 Å². The molecule has 3 atom stereocenters. The van der Waals surface area contributed by atoms with Gasteiger partial charge in [0, 0.05) is 12.3 Å². The zero-order valence-corrected chi connectivity index (χ0v) is 18.8. The zero-order valence-electron chi connectivity index (χ0n) is 18.8. The van der Waals surface area contributed by atoms with E-state index in [-0.39, 0.29) is 36.0 Å². The Labute approximate surface area is 188 Å². The topological polar surface area (TPSA) is 90.9 Å². The lowest BCUT2D eigenvalue weighted by molar-refractivity contribution is -0.154. The normalized spacial score (nSPS) is 17.9. The van der Waals surface area contributed by atoms with Crippen LogP contribution in [-0.2, 0) is 25.5 Å². The molecule has 7 heteroatoms. The summed E-state index contributed by atoms with van der Waals surface area (Å²) in [5, 5.41) is 2.66. The van der Waals surface area contributed by atoms with E-state index in [1.54, 1.807) is 45.0 Å². The van der Waals surface area contributed by atoms with Gasteiger partial charge in [-0.2, -0.15) is 0 Å². The van der Waals surface area contributed by atoms with Crippen LogP contribution in [-0.4, -0.2) is 36.8 Å². The standard InChI is InChI=1S/C25H29NO6/c1-15(2)24(28)31-14-30-21-12-8-7-11-20(21)23(27)26-17(4)25(29)32-22-13-18-9-5-6-10-19(18)16(22)3/h5-12,15-17,22H,13-14H2,1-4H3,(H,26,27)/t16?,17-,22?/m0/s1. The Balaban J connectivity index is 1.56. The number of benzene rings is 2. The summed E-state index contributed by atoms with van der Waals surface area (Å²) in [5.41, 5.74) is 2.60. The average Bonchev–Trinajstić information content (AvgIpc) is 3.09. The molecule has 1 aliphatic carbocycles. The molecule has 0 fully saturated rings. The third kappa shape index (κ3) is 5.46. The first-order chi connectivity index (χ1) is 15.3. The van der Waals surface area contributed by atoms with E-state index >= 15 is 0 Å². The number of fused-ring (bicyclic) bond motifs is 1. The summed E-state index contributed by atoms with van der Waals surface area (Å²) < 4.78 is 16.2. The van der Waals surface area contributed by atoms with E-state index in [1.165, 1.54) is 11.1 Å². The Morgan fingerprint density at radius 2 is 1.69 bits per heavy atom. The lowest BCUT2D eigenvalue weighted by atomic mass is 10.0. The second-order valence-corrected chi connectivity index (χ2v) is 8.24. The van der Waals surface area contributed by atoms with Crippen LogP contribution in [0.4, 0.5) is 0 Å². The minimum Gasteiger partial charge on any atom is -0.460 e. The van der Waals surface area contributed by atoms with Crippen molar-refractivity contribution in [1.82, 2.24) is 5.32 Å². The molecule has 2 unspecified atom stereocenters. The number of ether oxygens (including phenoxy) is 3. The number of carbonyl (C=O) groups excluding carboxylic acids is 3. The molecule has 0 aliphatic heterocycles. The Morgan fingerprint density at radius 1 is 1.00 bits per heavy atom. The van der Waals surface area contributed by atoms with E-state index in [1.807, 2.05) is 25.1 Å². The second-order valence-electron chi connectivity index (χ2n) is 8.24. The minimum atomic E-state index is -0.842. The molecule has 0 saturated heterocycles. The highest BCUT2D eigenvalue weighted by Gasteiger charge is 2.33. The number of amides is 1. The molecule has 0 heterocycles. The fourth-order valence-electron chi connectivity index (χ4n) is 3.58. The summed E-state index contributed by atoms with van der Waals surface area (Å²) in [6.07, 6.45) is 0.403. The van der Waals surface area contributed by atoms with Crippen molar-refractivity contribution >= 4 is 17.8 Å². The van der Waals surface area contributed by atoms with Crippen molar-refractivity contribution in [2.24, 2.45) is 5.92 Å². The van der Waals surface area contributed by atoms with Crippen LogP contribution in [0.3, 0.4) is 0 Å². The van der Waals surface area contributed by atoms with Crippen molar-refractivity contribution in [2.45, 2.75) is 52.2 Å². The smallest absolute Gasteiger partial charge is 0.328 e. The first kappa shape index (κ1) is 23.3. The van der Waals surface area contributed by atoms with Gasteiger partial charge < -0.3 is 19.5 Å². The van der Waals surface area contributed by atoms with Gasteiger partial charge in [-0.05, 0) is 30.2 Å².